The Bertz CT molecular complexity index is 852. The van der Waals surface area contributed by atoms with Crippen LogP contribution in [-0.2, 0) is 10.0 Å². The van der Waals surface area contributed by atoms with Crippen molar-refractivity contribution in [3.8, 4) is 11.5 Å². The number of sulfonamides is 1. The first-order chi connectivity index (χ1) is 12.0. The van der Waals surface area contributed by atoms with Gasteiger partial charge in [0.1, 0.15) is 16.4 Å². The molecule has 0 saturated carbocycles. The molecule has 0 aromatic heterocycles. The van der Waals surface area contributed by atoms with E-state index in [1.807, 2.05) is 24.3 Å². The smallest absolute Gasteiger partial charge is 0.246 e. The van der Waals surface area contributed by atoms with Crippen LogP contribution in [0, 0.1) is 0 Å². The fourth-order valence-corrected chi connectivity index (χ4v) is 5.00. The maximum absolute atomic E-state index is 13.0. The average Bonchev–Trinajstić information content (AvgIpc) is 3.12. The van der Waals surface area contributed by atoms with E-state index in [0.29, 0.717) is 23.9 Å². The number of rotatable bonds is 5. The number of hydrogen-bond donors (Lipinski definition) is 0. The summed E-state index contributed by atoms with van der Waals surface area (Å²) >= 11 is 5.99. The van der Waals surface area contributed by atoms with Crippen molar-refractivity contribution in [1.82, 2.24) is 4.31 Å². The van der Waals surface area contributed by atoms with Crippen LogP contribution in [0.2, 0.25) is 5.02 Å². The van der Waals surface area contributed by atoms with Crippen molar-refractivity contribution in [3.05, 3.63) is 53.1 Å². The summed E-state index contributed by atoms with van der Waals surface area (Å²) in [7, 11) is -0.585. The summed E-state index contributed by atoms with van der Waals surface area (Å²) in [4.78, 5) is 0.109. The molecule has 1 saturated heterocycles. The van der Waals surface area contributed by atoms with Crippen LogP contribution in [-0.4, -0.2) is 40.0 Å². The molecule has 1 atom stereocenters. The molecule has 2 aromatic carbocycles. The van der Waals surface area contributed by atoms with Gasteiger partial charge in [-0.2, -0.15) is 4.31 Å². The number of benzene rings is 2. The third-order valence-electron chi connectivity index (χ3n) is 4.48. The summed E-state index contributed by atoms with van der Waals surface area (Å²) in [5.74, 6) is 1.25. The van der Waals surface area contributed by atoms with Crippen LogP contribution >= 0.6 is 11.6 Å². The van der Waals surface area contributed by atoms with E-state index in [2.05, 4.69) is 0 Å². The molecule has 134 valence electrons. The molecule has 3 rings (SSSR count). The molecule has 0 aliphatic carbocycles. The second-order valence-corrected chi connectivity index (χ2v) is 8.26. The van der Waals surface area contributed by atoms with Crippen molar-refractivity contribution in [2.45, 2.75) is 17.2 Å². The second-order valence-electron chi connectivity index (χ2n) is 5.92. The lowest BCUT2D eigenvalue weighted by Crippen LogP contribution is -2.29. The van der Waals surface area contributed by atoms with Crippen LogP contribution in [0.1, 0.15) is 17.9 Å². The lowest BCUT2D eigenvalue weighted by atomic mass is 9.99. The van der Waals surface area contributed by atoms with Crippen LogP contribution in [0.5, 0.6) is 11.5 Å². The predicted molar refractivity (Wildman–Crippen MR) is 97.1 cm³/mol. The zero-order valence-electron chi connectivity index (χ0n) is 14.1. The van der Waals surface area contributed by atoms with Crippen molar-refractivity contribution < 1.29 is 17.9 Å². The molecule has 1 aliphatic heterocycles. The fraction of sp³-hybridized carbons (Fsp3) is 0.333. The van der Waals surface area contributed by atoms with Gasteiger partial charge in [-0.15, -0.1) is 0 Å². The Balaban J connectivity index is 1.84. The number of ether oxygens (including phenoxy) is 2. The number of nitrogens with zero attached hydrogens (tertiary/aromatic N) is 1. The van der Waals surface area contributed by atoms with Gasteiger partial charge >= 0.3 is 0 Å². The molecular formula is C18H20ClNO4S. The second kappa shape index (κ2) is 7.23. The van der Waals surface area contributed by atoms with Gasteiger partial charge in [0.15, 0.2) is 0 Å². The molecule has 2 aromatic rings. The van der Waals surface area contributed by atoms with Crippen molar-refractivity contribution in [2.75, 3.05) is 27.3 Å². The average molecular weight is 382 g/mol. The first-order valence-corrected chi connectivity index (χ1v) is 9.75. The van der Waals surface area contributed by atoms with Crippen molar-refractivity contribution in [2.24, 2.45) is 0 Å². The molecule has 1 aliphatic rings. The van der Waals surface area contributed by atoms with E-state index in [9.17, 15) is 8.42 Å². The standard InChI is InChI=1S/C18H20ClNO4S/c1-23-16-6-3-13(4-7-16)14-9-10-20(12-14)25(21,22)18-11-15(19)5-8-17(18)24-2/h3-8,11,14H,9-10,12H2,1-2H3. The Labute approximate surface area is 153 Å². The molecule has 0 spiro atoms. The van der Waals surface area contributed by atoms with E-state index in [1.54, 1.807) is 19.2 Å². The molecule has 0 bridgehead atoms. The first-order valence-electron chi connectivity index (χ1n) is 7.93. The summed E-state index contributed by atoms with van der Waals surface area (Å²) in [6.07, 6.45) is 0.772. The van der Waals surface area contributed by atoms with Crippen LogP contribution in [0.15, 0.2) is 47.4 Å². The molecule has 25 heavy (non-hydrogen) atoms. The number of hydrogen-bond acceptors (Lipinski definition) is 4. The number of halogens is 1. The minimum atomic E-state index is -3.66. The third-order valence-corrected chi connectivity index (χ3v) is 6.60. The Morgan fingerprint density at radius 3 is 2.44 bits per heavy atom. The molecule has 5 nitrogen and oxygen atoms in total. The Morgan fingerprint density at radius 2 is 1.80 bits per heavy atom. The van der Waals surface area contributed by atoms with Gasteiger partial charge in [-0.1, -0.05) is 23.7 Å². The predicted octanol–water partition coefficient (Wildman–Crippen LogP) is 3.54. The fourth-order valence-electron chi connectivity index (χ4n) is 3.09. The van der Waals surface area contributed by atoms with Gasteiger partial charge < -0.3 is 9.47 Å². The quantitative estimate of drug-likeness (QED) is 0.795. The molecular weight excluding hydrogens is 362 g/mol. The van der Waals surface area contributed by atoms with E-state index < -0.39 is 10.0 Å². The highest BCUT2D eigenvalue weighted by atomic mass is 35.5. The van der Waals surface area contributed by atoms with E-state index in [-0.39, 0.29) is 10.8 Å². The summed E-state index contributed by atoms with van der Waals surface area (Å²) in [5.41, 5.74) is 1.11. The lowest BCUT2D eigenvalue weighted by Gasteiger charge is -2.19. The van der Waals surface area contributed by atoms with Crippen molar-refractivity contribution in [1.29, 1.82) is 0 Å². The van der Waals surface area contributed by atoms with Gasteiger partial charge in [-0.3, -0.25) is 0 Å². The maximum atomic E-state index is 13.0. The highest BCUT2D eigenvalue weighted by molar-refractivity contribution is 7.89. The minimum absolute atomic E-state index is 0.109. The zero-order chi connectivity index (χ0) is 18.0. The van der Waals surface area contributed by atoms with Crippen molar-refractivity contribution in [3.63, 3.8) is 0 Å². The minimum Gasteiger partial charge on any atom is -0.497 e. The molecule has 1 unspecified atom stereocenters. The van der Waals surface area contributed by atoms with Crippen molar-refractivity contribution >= 4 is 21.6 Å². The molecule has 0 N–H and O–H groups in total. The van der Waals surface area contributed by atoms with Crippen LogP contribution in [0.25, 0.3) is 0 Å². The van der Waals surface area contributed by atoms with Gasteiger partial charge in [0.05, 0.1) is 14.2 Å². The lowest BCUT2D eigenvalue weighted by molar-refractivity contribution is 0.398. The SMILES string of the molecule is COc1ccc(C2CCN(S(=O)(=O)c3cc(Cl)ccc3OC)C2)cc1. The van der Waals surface area contributed by atoms with E-state index in [0.717, 1.165) is 17.7 Å². The molecule has 7 heteroatoms. The third kappa shape index (κ3) is 3.61. The van der Waals surface area contributed by atoms with E-state index in [1.165, 1.54) is 17.5 Å². The van der Waals surface area contributed by atoms with Gasteiger partial charge in [0.25, 0.3) is 0 Å². The molecule has 1 fully saturated rings. The molecule has 0 radical (unpaired) electrons. The van der Waals surface area contributed by atoms with Crippen LogP contribution in [0.4, 0.5) is 0 Å². The number of methoxy groups -OCH3 is 2. The van der Waals surface area contributed by atoms with Gasteiger partial charge in [0, 0.05) is 18.1 Å². The molecule has 1 heterocycles. The van der Waals surface area contributed by atoms with Gasteiger partial charge in [0.2, 0.25) is 10.0 Å². The summed E-state index contributed by atoms with van der Waals surface area (Å²) in [5, 5.41) is 0.366. The highest BCUT2D eigenvalue weighted by Gasteiger charge is 2.35. The highest BCUT2D eigenvalue weighted by Crippen LogP contribution is 2.35. The summed E-state index contributed by atoms with van der Waals surface area (Å²) in [6.45, 7) is 0.902. The maximum Gasteiger partial charge on any atom is 0.246 e. The monoisotopic (exact) mass is 381 g/mol. The van der Waals surface area contributed by atoms with E-state index >= 15 is 0 Å². The Morgan fingerprint density at radius 1 is 1.08 bits per heavy atom. The first kappa shape index (κ1) is 18.0. The Hall–Kier alpha value is -1.76. The van der Waals surface area contributed by atoms with Gasteiger partial charge in [-0.25, -0.2) is 8.42 Å². The molecule has 0 amide bonds. The topological polar surface area (TPSA) is 55.8 Å². The van der Waals surface area contributed by atoms with Crippen LogP contribution < -0.4 is 9.47 Å². The summed E-state index contributed by atoms with van der Waals surface area (Å²) < 4.78 is 37.9. The van der Waals surface area contributed by atoms with E-state index in [4.69, 9.17) is 21.1 Å². The largest absolute Gasteiger partial charge is 0.497 e. The van der Waals surface area contributed by atoms with Gasteiger partial charge in [-0.05, 0) is 48.2 Å². The zero-order valence-corrected chi connectivity index (χ0v) is 15.7. The summed E-state index contributed by atoms with van der Waals surface area (Å²) in [6, 6.07) is 12.4. The Kier molecular flexibility index (Phi) is 5.22. The normalized spacial score (nSPS) is 18.3. The van der Waals surface area contributed by atoms with Crippen LogP contribution in [0.3, 0.4) is 0 Å².